The second-order valence-corrected chi connectivity index (χ2v) is 3.51. The molecule has 1 aromatic rings. The van der Waals surface area contributed by atoms with E-state index < -0.39 is 13.2 Å². The summed E-state index contributed by atoms with van der Waals surface area (Å²) in [7, 11) is -1.96. The summed E-state index contributed by atoms with van der Waals surface area (Å²) >= 11 is 0. The summed E-state index contributed by atoms with van der Waals surface area (Å²) in [6, 6.07) is 4.16. The predicted molar refractivity (Wildman–Crippen MR) is 58.3 cm³/mol. The van der Waals surface area contributed by atoms with Crippen molar-refractivity contribution >= 4 is 19.1 Å². The van der Waals surface area contributed by atoms with E-state index in [0.717, 1.165) is 4.90 Å². The third-order valence-electron chi connectivity index (χ3n) is 2.50. The molecule has 0 bridgehead atoms. The van der Waals surface area contributed by atoms with Crippen LogP contribution in [0.3, 0.4) is 0 Å². The fourth-order valence-corrected chi connectivity index (χ4v) is 1.75. The molecule has 0 atom stereocenters. The number of hydrogen-bond acceptors (Lipinski definition) is 5. The van der Waals surface area contributed by atoms with Gasteiger partial charge in [0.2, 0.25) is 0 Å². The van der Waals surface area contributed by atoms with Crippen molar-refractivity contribution in [1.82, 2.24) is 4.90 Å². The zero-order chi connectivity index (χ0) is 12.6. The lowest BCUT2D eigenvalue weighted by Gasteiger charge is -2.08. The number of fused-ring (bicyclic) bond motifs is 1. The molecule has 2 rings (SSSR count). The van der Waals surface area contributed by atoms with Gasteiger partial charge >= 0.3 is 7.32 Å². The van der Waals surface area contributed by atoms with Gasteiger partial charge in [0.05, 0.1) is 11.1 Å². The maximum atomic E-state index is 11.8. The Labute approximate surface area is 97.6 Å². The molecule has 2 amide bonds. The van der Waals surface area contributed by atoms with Crippen molar-refractivity contribution in [3.8, 4) is 5.75 Å². The Hall–Kier alpha value is -1.86. The third kappa shape index (κ3) is 1.90. The van der Waals surface area contributed by atoms with Crippen LogP contribution in [0.4, 0.5) is 0 Å². The van der Waals surface area contributed by atoms with Crippen LogP contribution < -0.4 is 4.65 Å². The average molecular weight is 235 g/mol. The van der Waals surface area contributed by atoms with E-state index in [0.29, 0.717) is 12.1 Å². The maximum absolute atomic E-state index is 11.8. The molecule has 0 saturated heterocycles. The van der Waals surface area contributed by atoms with Crippen molar-refractivity contribution < 1.29 is 24.3 Å². The predicted octanol–water partition coefficient (Wildman–Crippen LogP) is -0.349. The van der Waals surface area contributed by atoms with Gasteiger partial charge in [-0.3, -0.25) is 14.5 Å². The third-order valence-corrected chi connectivity index (χ3v) is 2.50. The van der Waals surface area contributed by atoms with Crippen LogP contribution in [0.2, 0.25) is 0 Å². The highest BCUT2D eigenvalue weighted by molar-refractivity contribution is 6.33. The van der Waals surface area contributed by atoms with Crippen LogP contribution in [0.15, 0.2) is 18.2 Å². The topological polar surface area (TPSA) is 87.1 Å². The molecular weight excluding hydrogens is 225 g/mol. The van der Waals surface area contributed by atoms with Crippen LogP contribution in [-0.2, 0) is 0 Å². The van der Waals surface area contributed by atoms with Crippen molar-refractivity contribution in [3.05, 3.63) is 29.3 Å². The van der Waals surface area contributed by atoms with Crippen LogP contribution in [0, 0.1) is 0 Å². The maximum Gasteiger partial charge on any atom is 0.707 e. The molecule has 0 unspecified atom stereocenters. The van der Waals surface area contributed by atoms with E-state index in [1.807, 2.05) is 0 Å². The van der Waals surface area contributed by atoms with Gasteiger partial charge in [0.15, 0.2) is 0 Å². The number of benzene rings is 1. The molecule has 0 saturated carbocycles. The van der Waals surface area contributed by atoms with Crippen LogP contribution >= 0.6 is 0 Å². The van der Waals surface area contributed by atoms with Gasteiger partial charge < -0.3 is 14.7 Å². The van der Waals surface area contributed by atoms with Crippen LogP contribution in [0.5, 0.6) is 5.75 Å². The number of amides is 2. The summed E-state index contributed by atoms with van der Waals surface area (Å²) in [5, 5.41) is 17.3. The Morgan fingerprint density at radius 1 is 1.24 bits per heavy atom. The smallest absolute Gasteiger partial charge is 0.512 e. The van der Waals surface area contributed by atoms with Crippen LogP contribution in [0.1, 0.15) is 27.6 Å². The van der Waals surface area contributed by atoms with Crippen molar-refractivity contribution in [2.45, 2.75) is 6.92 Å². The molecule has 0 fully saturated rings. The van der Waals surface area contributed by atoms with Gasteiger partial charge in [-0.1, -0.05) is 0 Å². The summed E-state index contributed by atoms with van der Waals surface area (Å²) in [5.41, 5.74) is 0.520. The Bertz CT molecular complexity index is 488. The first-order valence-corrected chi connectivity index (χ1v) is 5.07. The Balaban J connectivity index is 2.39. The molecule has 0 aromatic heterocycles. The summed E-state index contributed by atoms with van der Waals surface area (Å²) in [6.45, 7) is 2.00. The number of hydrogen-bond donors (Lipinski definition) is 2. The second kappa shape index (κ2) is 4.19. The molecule has 7 heteroatoms. The van der Waals surface area contributed by atoms with Crippen molar-refractivity contribution in [1.29, 1.82) is 0 Å². The molecule has 1 aliphatic heterocycles. The minimum absolute atomic E-state index is 0.123. The minimum atomic E-state index is -1.96. The molecule has 0 radical (unpaired) electrons. The molecular formula is C10H10BNO5. The second-order valence-electron chi connectivity index (χ2n) is 3.51. The monoisotopic (exact) mass is 235 g/mol. The van der Waals surface area contributed by atoms with E-state index in [2.05, 4.69) is 4.65 Å². The number of carbonyl (C=O) groups excluding carboxylic acids is 2. The number of nitrogens with zero attached hydrogens (tertiary/aromatic N) is 1. The first kappa shape index (κ1) is 11.6. The molecule has 1 aliphatic rings. The molecule has 1 heterocycles. The molecule has 0 aliphatic carbocycles. The Kier molecular flexibility index (Phi) is 2.87. The highest BCUT2D eigenvalue weighted by Crippen LogP contribution is 2.26. The fourth-order valence-electron chi connectivity index (χ4n) is 1.75. The normalized spacial score (nSPS) is 13.9. The Morgan fingerprint density at radius 2 is 1.88 bits per heavy atom. The minimum Gasteiger partial charge on any atom is -0.512 e. The lowest BCUT2D eigenvalue weighted by molar-refractivity contribution is 0.0662. The van der Waals surface area contributed by atoms with E-state index in [9.17, 15) is 9.59 Å². The standard InChI is InChI=1S/C10H10BNO5/c1-2-12-9(13)7-4-3-6(17-11(15)16)5-8(7)10(12)14/h3-5,15-16H,2H2,1H3. The first-order chi connectivity index (χ1) is 8.04. The first-order valence-electron chi connectivity index (χ1n) is 5.07. The summed E-state index contributed by atoms with van der Waals surface area (Å²) in [5.74, 6) is -0.619. The van der Waals surface area contributed by atoms with Crippen LogP contribution in [-0.4, -0.2) is 40.6 Å². The zero-order valence-electron chi connectivity index (χ0n) is 9.08. The van der Waals surface area contributed by atoms with E-state index in [1.165, 1.54) is 18.2 Å². The van der Waals surface area contributed by atoms with Gasteiger partial charge in [0, 0.05) is 6.54 Å². The molecule has 6 nitrogen and oxygen atoms in total. The van der Waals surface area contributed by atoms with Crippen molar-refractivity contribution in [2.24, 2.45) is 0 Å². The SMILES string of the molecule is CCN1C(=O)c2ccc(OB(O)O)cc2C1=O. The highest BCUT2D eigenvalue weighted by Gasteiger charge is 2.34. The quantitative estimate of drug-likeness (QED) is 0.552. The number of rotatable bonds is 3. The fraction of sp³-hybridized carbons (Fsp3) is 0.200. The Morgan fingerprint density at radius 3 is 2.47 bits per heavy atom. The number of carbonyl (C=O) groups is 2. The van der Waals surface area contributed by atoms with Gasteiger partial charge in [-0.05, 0) is 25.1 Å². The van der Waals surface area contributed by atoms with Gasteiger partial charge in [-0.15, -0.1) is 0 Å². The van der Waals surface area contributed by atoms with Gasteiger partial charge in [0.25, 0.3) is 11.8 Å². The van der Waals surface area contributed by atoms with E-state index >= 15 is 0 Å². The van der Waals surface area contributed by atoms with Crippen LogP contribution in [0.25, 0.3) is 0 Å². The summed E-state index contributed by atoms with van der Waals surface area (Å²) in [6.07, 6.45) is 0. The number of imide groups is 1. The molecule has 1 aromatic carbocycles. The largest absolute Gasteiger partial charge is 0.707 e. The molecule has 2 N–H and O–H groups in total. The average Bonchev–Trinajstić information content (AvgIpc) is 2.50. The highest BCUT2D eigenvalue weighted by atomic mass is 16.6. The van der Waals surface area contributed by atoms with Gasteiger partial charge in [0.1, 0.15) is 5.75 Å². The molecule has 0 spiro atoms. The van der Waals surface area contributed by atoms with E-state index in [1.54, 1.807) is 6.92 Å². The van der Waals surface area contributed by atoms with Gasteiger partial charge in [-0.2, -0.15) is 0 Å². The van der Waals surface area contributed by atoms with E-state index in [-0.39, 0.29) is 17.2 Å². The summed E-state index contributed by atoms with van der Waals surface area (Å²) < 4.78 is 4.62. The lowest BCUT2D eigenvalue weighted by Crippen LogP contribution is -2.29. The van der Waals surface area contributed by atoms with Crippen molar-refractivity contribution in [2.75, 3.05) is 6.54 Å². The summed E-state index contributed by atoms with van der Waals surface area (Å²) in [4.78, 5) is 24.7. The van der Waals surface area contributed by atoms with Gasteiger partial charge in [-0.25, -0.2) is 0 Å². The lowest BCUT2D eigenvalue weighted by atomic mass is 10.1. The zero-order valence-corrected chi connectivity index (χ0v) is 9.08. The van der Waals surface area contributed by atoms with E-state index in [4.69, 9.17) is 10.0 Å². The molecule has 88 valence electrons. The molecule has 17 heavy (non-hydrogen) atoms. The van der Waals surface area contributed by atoms with Crippen molar-refractivity contribution in [3.63, 3.8) is 0 Å².